The number of thiophene rings is 3. The molecule has 23 heteroatoms. The van der Waals surface area contributed by atoms with Gasteiger partial charge >= 0.3 is 0 Å². The van der Waals surface area contributed by atoms with Crippen molar-refractivity contribution in [3.63, 3.8) is 0 Å². The lowest BCUT2D eigenvalue weighted by Crippen LogP contribution is -2.38. The zero-order chi connectivity index (χ0) is 69.5. The van der Waals surface area contributed by atoms with Crippen molar-refractivity contribution in [3.8, 4) is 31.7 Å². The van der Waals surface area contributed by atoms with Crippen LogP contribution in [-0.4, -0.2) is 152 Å². The molecule has 0 aliphatic carbocycles. The Labute approximate surface area is 616 Å². The van der Waals surface area contributed by atoms with Crippen LogP contribution in [0.15, 0.2) is 122 Å². The highest BCUT2D eigenvalue weighted by atomic mass is 32.1. The highest BCUT2D eigenvalue weighted by molar-refractivity contribution is 7.24. The minimum absolute atomic E-state index is 0.00747. The number of ether oxygens (including phenoxy) is 1. The normalized spacial score (nSPS) is 16.0. The molecule has 4 N–H and O–H groups in total. The Morgan fingerprint density at radius 3 is 1.29 bits per heavy atom. The number of thiazole rings is 3. The van der Waals surface area contributed by atoms with E-state index in [1.807, 2.05) is 36.4 Å². The van der Waals surface area contributed by atoms with E-state index >= 15 is 0 Å². The number of hydrogen-bond acceptors (Lipinski definition) is 20. The van der Waals surface area contributed by atoms with Crippen LogP contribution in [0.2, 0.25) is 0 Å². The number of pyridine rings is 1. The topological polar surface area (TPSA) is 176 Å². The highest BCUT2D eigenvalue weighted by Gasteiger charge is 2.33. The van der Waals surface area contributed by atoms with Gasteiger partial charge in [-0.3, -0.25) is 43.9 Å². The summed E-state index contributed by atoms with van der Waals surface area (Å²) in [5.74, 6) is 0.182. The van der Waals surface area contributed by atoms with Gasteiger partial charge in [0.1, 0.15) is 30.0 Å². The standard InChI is InChI=1S/C29H32N4OS2.C25H27N5OS2.C24H30N4O2S2/c1-19(2)33-16-12-22-25(18-33)36-29(27(22)28-30-23-9-5-6-10-24(23)35-28)31-26(34)13-15-32-14-11-20-7-3-4-8-21(20)17-32;1-16(2)30-13-10-18-21(15-30)33-25(23(18)24-28-19-7-3-4-8-20(19)32-24)29-22(31)9-12-27-17-6-5-11-26-14-17;1-16(2)28-10-7-17-20(15-28)32-24(26-21(29)8-9-27-11-13-30-14-12-27)22(17)23-25-18-5-3-4-6-19(18)31-23/h3-10,19H,11-18H2,1-2H3,(H,31,34);3-8,11,14,16,27H,9-10,12-13,15H2,1-2H3,(H,29,31);3-6,16H,7-15H2,1-2H3,(H,26,29). The Morgan fingerprint density at radius 2 is 0.861 bits per heavy atom. The Balaban J connectivity index is 0.000000129. The molecule has 12 heterocycles. The second kappa shape index (κ2) is 32.6. The van der Waals surface area contributed by atoms with E-state index in [0.717, 1.165) is 186 Å². The van der Waals surface area contributed by atoms with Crippen LogP contribution in [-0.2, 0) is 71.0 Å². The number of amides is 3. The van der Waals surface area contributed by atoms with Crippen LogP contribution < -0.4 is 21.3 Å². The van der Waals surface area contributed by atoms with Gasteiger partial charge in [0.25, 0.3) is 0 Å². The number of rotatable bonds is 19. The van der Waals surface area contributed by atoms with Gasteiger partial charge in [-0.25, -0.2) is 15.0 Å². The van der Waals surface area contributed by atoms with Gasteiger partial charge in [0.05, 0.1) is 49.6 Å². The molecule has 0 spiro atoms. The van der Waals surface area contributed by atoms with E-state index in [9.17, 15) is 14.4 Å². The number of para-hydroxylation sites is 3. The molecule has 0 radical (unpaired) electrons. The quantitative estimate of drug-likeness (QED) is 0.0601. The molecular formula is C78H89N13O4S6. The fraction of sp³-hybridized carbons (Fsp3) is 0.397. The third-order valence-electron chi connectivity index (χ3n) is 19.7. The molecule has 526 valence electrons. The largest absolute Gasteiger partial charge is 0.383 e. The van der Waals surface area contributed by atoms with E-state index < -0.39 is 0 Å². The molecule has 3 amide bonds. The number of carbonyl (C=O) groups excluding carboxylic acids is 3. The van der Waals surface area contributed by atoms with Crippen molar-refractivity contribution in [1.29, 1.82) is 0 Å². The van der Waals surface area contributed by atoms with Gasteiger partial charge in [-0.2, -0.15) is 0 Å². The van der Waals surface area contributed by atoms with Crippen LogP contribution in [0.25, 0.3) is 62.4 Å². The predicted molar refractivity (Wildman–Crippen MR) is 422 cm³/mol. The van der Waals surface area contributed by atoms with Crippen molar-refractivity contribution in [2.24, 2.45) is 0 Å². The SMILES string of the molecule is CC(C)N1CCc2c(sc(NC(=O)CCN3CCOCC3)c2-c2nc3ccccc3s2)C1.CC(C)N1CCc2c(sc(NC(=O)CCN3CCc4ccccc4C3)c2-c2nc3ccccc3s2)C1.CC(C)N1CCc2c(sc(NC(=O)CCNc3cccnc3)c2-c2nc3ccccc3s2)C1. The zero-order valence-electron chi connectivity index (χ0n) is 58.4. The van der Waals surface area contributed by atoms with Gasteiger partial charge in [-0.1, -0.05) is 60.7 Å². The summed E-state index contributed by atoms with van der Waals surface area (Å²) in [7, 11) is 0. The molecule has 0 atom stereocenters. The minimum atomic E-state index is 0.00747. The fourth-order valence-electron chi connectivity index (χ4n) is 13.9. The first-order chi connectivity index (χ1) is 49.2. The van der Waals surface area contributed by atoms with Crippen LogP contribution in [0.5, 0.6) is 0 Å². The molecule has 5 aliphatic rings. The van der Waals surface area contributed by atoms with E-state index in [-0.39, 0.29) is 17.7 Å². The lowest BCUT2D eigenvalue weighted by molar-refractivity contribution is -0.117. The van der Waals surface area contributed by atoms with Crippen LogP contribution in [0.1, 0.15) is 103 Å². The summed E-state index contributed by atoms with van der Waals surface area (Å²) < 4.78 is 8.96. The molecular weight excluding hydrogens is 1380 g/mol. The van der Waals surface area contributed by atoms with E-state index in [1.165, 1.54) is 56.5 Å². The second-order valence-corrected chi connectivity index (χ2v) is 33.7. The minimum Gasteiger partial charge on any atom is -0.383 e. The summed E-state index contributed by atoms with van der Waals surface area (Å²) in [5, 5.41) is 18.9. The van der Waals surface area contributed by atoms with Crippen LogP contribution in [0.3, 0.4) is 0 Å². The van der Waals surface area contributed by atoms with Crippen molar-refractivity contribution in [2.45, 2.75) is 131 Å². The first kappa shape index (κ1) is 70.8. The van der Waals surface area contributed by atoms with Crippen LogP contribution in [0.4, 0.5) is 20.7 Å². The summed E-state index contributed by atoms with van der Waals surface area (Å²) in [6.45, 7) is 26.8. The number of nitrogens with zero attached hydrogens (tertiary/aromatic N) is 9. The maximum absolute atomic E-state index is 13.2. The number of anilines is 4. The lowest BCUT2D eigenvalue weighted by atomic mass is 10.00. The van der Waals surface area contributed by atoms with Crippen molar-refractivity contribution < 1.29 is 19.1 Å². The molecule has 4 aromatic carbocycles. The monoisotopic (exact) mass is 1460 g/mol. The van der Waals surface area contributed by atoms with E-state index in [1.54, 1.807) is 80.4 Å². The van der Waals surface area contributed by atoms with Gasteiger partial charge in [-0.15, -0.1) is 68.0 Å². The van der Waals surface area contributed by atoms with E-state index in [2.05, 4.69) is 165 Å². The highest BCUT2D eigenvalue weighted by Crippen LogP contribution is 2.49. The molecule has 5 aliphatic heterocycles. The number of aromatic nitrogens is 4. The lowest BCUT2D eigenvalue weighted by Gasteiger charge is -2.30. The third kappa shape index (κ3) is 16.9. The molecule has 0 bridgehead atoms. The average Bonchev–Trinajstić information content (AvgIpc) is 1.63. The molecule has 16 rings (SSSR count). The zero-order valence-corrected chi connectivity index (χ0v) is 63.3. The van der Waals surface area contributed by atoms with Gasteiger partial charge in [0.15, 0.2) is 0 Å². The van der Waals surface area contributed by atoms with E-state index in [4.69, 9.17) is 19.7 Å². The second-order valence-electron chi connectivity index (χ2n) is 27.3. The molecule has 1 saturated heterocycles. The fourth-order valence-corrected chi connectivity index (χ4v) is 21.1. The molecule has 17 nitrogen and oxygen atoms in total. The average molecular weight is 1470 g/mol. The number of fused-ring (bicyclic) bond motifs is 7. The van der Waals surface area contributed by atoms with Gasteiger partial charge in [-0.05, 0) is 144 Å². The van der Waals surface area contributed by atoms with Crippen molar-refractivity contribution in [2.75, 3.05) is 93.4 Å². The number of benzene rings is 4. The third-order valence-corrected chi connectivity index (χ3v) is 26.3. The summed E-state index contributed by atoms with van der Waals surface area (Å²) in [5.41, 5.74) is 14.3. The number of carbonyl (C=O) groups is 3. The summed E-state index contributed by atoms with van der Waals surface area (Å²) in [4.78, 5) is 74.2. The van der Waals surface area contributed by atoms with Crippen molar-refractivity contribution in [1.82, 2.24) is 44.4 Å². The Morgan fingerprint density at radius 1 is 0.446 bits per heavy atom. The summed E-state index contributed by atoms with van der Waals surface area (Å²) in [6, 6.07) is 38.8. The maximum atomic E-state index is 13.2. The van der Waals surface area contributed by atoms with Crippen molar-refractivity contribution in [3.05, 3.63) is 164 Å². The summed E-state index contributed by atoms with van der Waals surface area (Å²) >= 11 is 10.3. The Bertz CT molecular complexity index is 4600. The van der Waals surface area contributed by atoms with Gasteiger partial charge in [0, 0.05) is 166 Å². The smallest absolute Gasteiger partial charge is 0.226 e. The van der Waals surface area contributed by atoms with Crippen LogP contribution in [0, 0.1) is 0 Å². The maximum Gasteiger partial charge on any atom is 0.226 e. The molecule has 1 fully saturated rings. The number of morpholine rings is 1. The number of nitrogens with one attached hydrogen (secondary N) is 4. The predicted octanol–water partition coefficient (Wildman–Crippen LogP) is 16.3. The molecule has 101 heavy (non-hydrogen) atoms. The molecule has 11 aromatic rings. The van der Waals surface area contributed by atoms with Gasteiger partial charge in [0.2, 0.25) is 17.7 Å². The molecule has 0 saturated carbocycles. The molecule has 7 aromatic heterocycles. The van der Waals surface area contributed by atoms with Crippen molar-refractivity contribution >= 4 is 137 Å². The first-order valence-corrected chi connectivity index (χ1v) is 40.5. The Kier molecular flexibility index (Phi) is 22.9. The summed E-state index contributed by atoms with van der Waals surface area (Å²) in [6.07, 6.45) is 8.92. The molecule has 0 unspecified atom stereocenters. The number of hydrogen-bond donors (Lipinski definition) is 4. The Hall–Kier alpha value is -7.23. The van der Waals surface area contributed by atoms with Gasteiger partial charge < -0.3 is 26.0 Å². The van der Waals surface area contributed by atoms with E-state index in [0.29, 0.717) is 43.9 Å². The van der Waals surface area contributed by atoms with Crippen LogP contribution >= 0.6 is 68.0 Å². The first-order valence-electron chi connectivity index (χ1n) is 35.6.